The fraction of sp³-hybridized carbons (Fsp3) is 0.400. The van der Waals surface area contributed by atoms with Gasteiger partial charge in [0.25, 0.3) is 5.91 Å². The van der Waals surface area contributed by atoms with Gasteiger partial charge in [-0.15, -0.1) is 0 Å². The average Bonchev–Trinajstić information content (AvgIpc) is 3.15. The highest BCUT2D eigenvalue weighted by molar-refractivity contribution is 6.03. The Bertz CT molecular complexity index is 916. The minimum absolute atomic E-state index is 0.278. The first-order chi connectivity index (χ1) is 13.7. The van der Waals surface area contributed by atoms with Crippen molar-refractivity contribution >= 4 is 23.1 Å². The van der Waals surface area contributed by atoms with Crippen molar-refractivity contribution in [3.63, 3.8) is 0 Å². The summed E-state index contributed by atoms with van der Waals surface area (Å²) in [5, 5.41) is 10.5. The van der Waals surface area contributed by atoms with Gasteiger partial charge >= 0.3 is 0 Å². The van der Waals surface area contributed by atoms with E-state index in [2.05, 4.69) is 25.7 Å². The number of rotatable bonds is 6. The van der Waals surface area contributed by atoms with Crippen molar-refractivity contribution in [1.82, 2.24) is 19.6 Å². The first-order valence-corrected chi connectivity index (χ1v) is 9.67. The Morgan fingerprint density at radius 3 is 2.89 bits per heavy atom. The van der Waals surface area contributed by atoms with Gasteiger partial charge in [0.05, 0.1) is 12.3 Å². The third-order valence-electron chi connectivity index (χ3n) is 4.92. The van der Waals surface area contributed by atoms with Gasteiger partial charge in [-0.2, -0.15) is 5.10 Å². The zero-order valence-corrected chi connectivity index (χ0v) is 15.8. The van der Waals surface area contributed by atoms with Crippen LogP contribution in [0.15, 0.2) is 42.9 Å². The van der Waals surface area contributed by atoms with E-state index in [1.165, 1.54) is 0 Å². The molecule has 8 heteroatoms. The molecule has 1 saturated carbocycles. The third-order valence-corrected chi connectivity index (χ3v) is 4.92. The van der Waals surface area contributed by atoms with E-state index in [4.69, 9.17) is 4.74 Å². The average molecular weight is 380 g/mol. The van der Waals surface area contributed by atoms with Gasteiger partial charge < -0.3 is 15.4 Å². The molecular weight excluding hydrogens is 356 g/mol. The molecular formula is C20H24N6O2. The number of anilines is 2. The Morgan fingerprint density at radius 2 is 2.11 bits per heavy atom. The molecule has 1 aliphatic rings. The van der Waals surface area contributed by atoms with Crippen LogP contribution in [0.1, 0.15) is 43.1 Å². The second kappa shape index (κ2) is 8.35. The molecule has 1 amide bonds. The van der Waals surface area contributed by atoms with Crippen molar-refractivity contribution in [2.75, 3.05) is 17.2 Å². The summed E-state index contributed by atoms with van der Waals surface area (Å²) in [6.07, 6.45) is 9.55. The first kappa shape index (κ1) is 18.4. The van der Waals surface area contributed by atoms with E-state index >= 15 is 0 Å². The van der Waals surface area contributed by atoms with Crippen molar-refractivity contribution < 1.29 is 9.53 Å². The molecule has 2 N–H and O–H groups in total. The van der Waals surface area contributed by atoms with Gasteiger partial charge in [0, 0.05) is 36.8 Å². The Hall–Kier alpha value is -3.00. The van der Waals surface area contributed by atoms with E-state index in [1.807, 2.05) is 13.0 Å². The van der Waals surface area contributed by atoms with Crippen LogP contribution in [-0.2, 0) is 4.74 Å². The fourth-order valence-electron chi connectivity index (χ4n) is 3.54. The molecule has 1 aliphatic carbocycles. The van der Waals surface area contributed by atoms with Crippen LogP contribution in [0.3, 0.4) is 0 Å². The summed E-state index contributed by atoms with van der Waals surface area (Å²) >= 11 is 0. The van der Waals surface area contributed by atoms with Gasteiger partial charge in [-0.3, -0.25) is 4.79 Å². The first-order valence-electron chi connectivity index (χ1n) is 9.67. The van der Waals surface area contributed by atoms with Crippen molar-refractivity contribution in [2.24, 2.45) is 0 Å². The highest BCUT2D eigenvalue weighted by Crippen LogP contribution is 2.24. The van der Waals surface area contributed by atoms with Crippen molar-refractivity contribution in [3.8, 4) is 0 Å². The molecule has 0 saturated heterocycles. The molecule has 0 bridgehead atoms. The lowest BCUT2D eigenvalue weighted by atomic mass is 9.93. The van der Waals surface area contributed by atoms with Gasteiger partial charge in [0.1, 0.15) is 11.5 Å². The number of hydrogen-bond donors (Lipinski definition) is 2. The molecule has 28 heavy (non-hydrogen) atoms. The van der Waals surface area contributed by atoms with Crippen LogP contribution in [0.2, 0.25) is 0 Å². The van der Waals surface area contributed by atoms with Gasteiger partial charge in [0.2, 0.25) is 0 Å². The zero-order chi connectivity index (χ0) is 19.3. The van der Waals surface area contributed by atoms with Crippen molar-refractivity contribution in [2.45, 2.75) is 44.8 Å². The molecule has 0 radical (unpaired) electrons. The minimum Gasteiger partial charge on any atom is -0.379 e. The summed E-state index contributed by atoms with van der Waals surface area (Å²) in [4.78, 5) is 21.2. The third kappa shape index (κ3) is 4.28. The molecule has 8 nitrogen and oxygen atoms in total. The summed E-state index contributed by atoms with van der Waals surface area (Å²) in [6.45, 7) is 2.81. The molecule has 0 aliphatic heterocycles. The number of hydrogen-bond acceptors (Lipinski definition) is 6. The summed E-state index contributed by atoms with van der Waals surface area (Å²) in [5.41, 5.74) is 1.63. The summed E-state index contributed by atoms with van der Waals surface area (Å²) in [7, 11) is 0. The second-order valence-electron chi connectivity index (χ2n) is 6.91. The number of nitrogens with one attached hydrogen (secondary N) is 2. The van der Waals surface area contributed by atoms with Crippen molar-refractivity contribution in [3.05, 3.63) is 48.5 Å². The normalized spacial score (nSPS) is 19.5. The van der Waals surface area contributed by atoms with Crippen LogP contribution in [0.5, 0.6) is 0 Å². The highest BCUT2D eigenvalue weighted by Gasteiger charge is 2.21. The maximum Gasteiger partial charge on any atom is 0.275 e. The van der Waals surface area contributed by atoms with E-state index in [-0.39, 0.29) is 5.91 Å². The lowest BCUT2D eigenvalue weighted by molar-refractivity contribution is 0.0346. The highest BCUT2D eigenvalue weighted by atomic mass is 16.5. The number of fused-ring (bicyclic) bond motifs is 1. The largest absolute Gasteiger partial charge is 0.379 e. The molecule has 0 aromatic carbocycles. The molecule has 3 heterocycles. The maximum absolute atomic E-state index is 12.5. The van der Waals surface area contributed by atoms with Crippen LogP contribution in [0.25, 0.3) is 5.65 Å². The summed E-state index contributed by atoms with van der Waals surface area (Å²) in [5.74, 6) is 0.481. The fourth-order valence-corrected chi connectivity index (χ4v) is 3.54. The molecule has 0 atom stereocenters. The number of pyridine rings is 1. The van der Waals surface area contributed by atoms with Gasteiger partial charge in [-0.1, -0.05) is 0 Å². The number of carbonyl (C=O) groups excluding carboxylic acids is 1. The van der Waals surface area contributed by atoms with E-state index < -0.39 is 0 Å². The standard InChI is InChI=1S/C20H24N6O2/c1-2-28-16-7-5-14(6-8-16)23-18-12-15(9-11-21-18)24-20(27)17-13-26-19(25-17)4-3-10-22-26/h3-4,9-14,16H,2,5-8H2,1H3,(H2,21,23,24,27). The predicted octanol–water partition coefficient (Wildman–Crippen LogP) is 3.14. The topological polar surface area (TPSA) is 93.4 Å². The van der Waals surface area contributed by atoms with Crippen LogP contribution >= 0.6 is 0 Å². The Kier molecular flexibility index (Phi) is 5.48. The molecule has 3 aromatic heterocycles. The number of imidazole rings is 1. The smallest absolute Gasteiger partial charge is 0.275 e. The Labute approximate surface area is 163 Å². The van der Waals surface area contributed by atoms with E-state index in [9.17, 15) is 4.79 Å². The summed E-state index contributed by atoms with van der Waals surface area (Å²) in [6, 6.07) is 7.58. The molecule has 1 fully saturated rings. The van der Waals surface area contributed by atoms with Gasteiger partial charge in [-0.25, -0.2) is 14.5 Å². The quantitative estimate of drug-likeness (QED) is 0.682. The number of carbonyl (C=O) groups is 1. The number of aromatic nitrogens is 4. The lowest BCUT2D eigenvalue weighted by Crippen LogP contribution is -2.30. The number of ether oxygens (including phenoxy) is 1. The van der Waals surface area contributed by atoms with Gasteiger partial charge in [-0.05, 0) is 50.8 Å². The SMILES string of the molecule is CCOC1CCC(Nc2cc(NC(=O)c3cn4ncccc4n3)ccn2)CC1. The molecule has 4 rings (SSSR count). The van der Waals surface area contributed by atoms with E-state index in [0.29, 0.717) is 29.2 Å². The zero-order valence-electron chi connectivity index (χ0n) is 15.8. The number of nitrogens with zero attached hydrogens (tertiary/aromatic N) is 4. The Morgan fingerprint density at radius 1 is 1.25 bits per heavy atom. The molecule has 0 unspecified atom stereocenters. The molecule has 146 valence electrons. The van der Waals surface area contributed by atoms with Crippen LogP contribution in [0, 0.1) is 0 Å². The van der Waals surface area contributed by atoms with Crippen LogP contribution in [-0.4, -0.2) is 44.2 Å². The second-order valence-corrected chi connectivity index (χ2v) is 6.91. The monoisotopic (exact) mass is 380 g/mol. The lowest BCUT2D eigenvalue weighted by Gasteiger charge is -2.29. The summed E-state index contributed by atoms with van der Waals surface area (Å²) < 4.78 is 7.28. The minimum atomic E-state index is -0.278. The maximum atomic E-state index is 12.5. The molecule has 3 aromatic rings. The van der Waals surface area contributed by atoms with E-state index in [1.54, 1.807) is 41.3 Å². The molecule has 0 spiro atoms. The van der Waals surface area contributed by atoms with E-state index in [0.717, 1.165) is 38.1 Å². The number of amides is 1. The Balaban J connectivity index is 1.37. The van der Waals surface area contributed by atoms with Crippen LogP contribution < -0.4 is 10.6 Å². The van der Waals surface area contributed by atoms with Crippen molar-refractivity contribution in [1.29, 1.82) is 0 Å². The van der Waals surface area contributed by atoms with Crippen LogP contribution in [0.4, 0.5) is 11.5 Å². The van der Waals surface area contributed by atoms with Gasteiger partial charge in [0.15, 0.2) is 5.65 Å². The predicted molar refractivity (Wildman–Crippen MR) is 106 cm³/mol.